The van der Waals surface area contributed by atoms with Crippen LogP contribution >= 0.6 is 11.6 Å². The van der Waals surface area contributed by atoms with E-state index in [0.29, 0.717) is 42.3 Å². The van der Waals surface area contributed by atoms with Gasteiger partial charge in [-0.25, -0.2) is 0 Å². The molecule has 1 aromatic carbocycles. The van der Waals surface area contributed by atoms with Crippen molar-refractivity contribution in [3.05, 3.63) is 22.7 Å². The van der Waals surface area contributed by atoms with Gasteiger partial charge in [0.05, 0.1) is 11.1 Å². The van der Waals surface area contributed by atoms with Gasteiger partial charge in [-0.2, -0.15) is 0 Å². The molecule has 4 nitrogen and oxygen atoms in total. The van der Waals surface area contributed by atoms with Gasteiger partial charge >= 0.3 is 0 Å². The van der Waals surface area contributed by atoms with E-state index in [4.69, 9.17) is 21.1 Å². The first kappa shape index (κ1) is 14.4. The van der Waals surface area contributed by atoms with Gasteiger partial charge < -0.3 is 19.9 Å². The van der Waals surface area contributed by atoms with Gasteiger partial charge in [-0.15, -0.1) is 0 Å². The van der Waals surface area contributed by atoms with E-state index in [0.717, 1.165) is 12.0 Å². The van der Waals surface area contributed by atoms with Crippen LogP contribution in [0.2, 0.25) is 5.02 Å². The monoisotopic (exact) mass is 285 g/mol. The molecule has 0 aliphatic carbocycles. The van der Waals surface area contributed by atoms with Gasteiger partial charge in [0, 0.05) is 12.6 Å². The lowest BCUT2D eigenvalue weighted by Gasteiger charge is -2.22. The van der Waals surface area contributed by atoms with E-state index in [1.54, 1.807) is 12.1 Å². The number of hydrogen-bond acceptors (Lipinski definition) is 4. The van der Waals surface area contributed by atoms with Crippen LogP contribution in [0.3, 0.4) is 0 Å². The second-order valence-electron chi connectivity index (χ2n) is 4.76. The maximum absolute atomic E-state index is 10.2. The third-order valence-electron chi connectivity index (χ3n) is 3.28. The lowest BCUT2D eigenvalue weighted by atomic mass is 10.1. The Morgan fingerprint density at radius 1 is 1.37 bits per heavy atom. The fraction of sp³-hybridized carbons (Fsp3) is 0.571. The molecule has 1 aliphatic rings. The molecule has 2 atom stereocenters. The second-order valence-corrected chi connectivity index (χ2v) is 5.17. The predicted octanol–water partition coefficient (Wildman–Crippen LogP) is 2.53. The van der Waals surface area contributed by atoms with Crippen LogP contribution in [0.4, 0.5) is 0 Å². The zero-order valence-corrected chi connectivity index (χ0v) is 12.0. The molecule has 0 saturated heterocycles. The second kappa shape index (κ2) is 6.46. The Morgan fingerprint density at radius 2 is 2.11 bits per heavy atom. The highest BCUT2D eigenvalue weighted by molar-refractivity contribution is 6.32. The molecule has 2 N–H and O–H groups in total. The molecule has 0 saturated carbocycles. The van der Waals surface area contributed by atoms with Crippen LogP contribution in [0.25, 0.3) is 0 Å². The fourth-order valence-corrected chi connectivity index (χ4v) is 2.17. The van der Waals surface area contributed by atoms with Gasteiger partial charge in [0.2, 0.25) is 0 Å². The molecule has 106 valence electrons. The van der Waals surface area contributed by atoms with Gasteiger partial charge in [-0.1, -0.05) is 18.5 Å². The summed E-state index contributed by atoms with van der Waals surface area (Å²) in [4.78, 5) is 0. The van der Waals surface area contributed by atoms with E-state index in [1.807, 2.05) is 0 Å². The molecule has 0 aromatic heterocycles. The van der Waals surface area contributed by atoms with E-state index in [9.17, 15) is 5.11 Å². The van der Waals surface area contributed by atoms with Crippen molar-refractivity contribution in [2.75, 3.05) is 19.8 Å². The molecule has 1 aliphatic heterocycles. The minimum Gasteiger partial charge on any atom is -0.486 e. The van der Waals surface area contributed by atoms with Crippen molar-refractivity contribution in [1.82, 2.24) is 5.32 Å². The van der Waals surface area contributed by atoms with Gasteiger partial charge in [-0.3, -0.25) is 0 Å². The van der Waals surface area contributed by atoms with Gasteiger partial charge in [0.25, 0.3) is 0 Å². The van der Waals surface area contributed by atoms with Crippen molar-refractivity contribution in [3.8, 4) is 11.5 Å². The molecular formula is C14H20ClNO3. The molecule has 0 radical (unpaired) electrons. The predicted molar refractivity (Wildman–Crippen MR) is 75.2 cm³/mol. The van der Waals surface area contributed by atoms with E-state index in [-0.39, 0.29) is 0 Å². The number of aliphatic hydroxyl groups is 1. The van der Waals surface area contributed by atoms with Crippen LogP contribution in [0.1, 0.15) is 31.9 Å². The lowest BCUT2D eigenvalue weighted by Crippen LogP contribution is -2.29. The Hall–Kier alpha value is -0.970. The Labute approximate surface area is 118 Å². The number of rotatable bonds is 5. The summed E-state index contributed by atoms with van der Waals surface area (Å²) in [5.41, 5.74) is 0.741. The summed E-state index contributed by atoms with van der Waals surface area (Å²) < 4.78 is 11.0. The summed E-state index contributed by atoms with van der Waals surface area (Å²) in [6, 6.07) is 3.91. The zero-order valence-electron chi connectivity index (χ0n) is 11.3. The molecule has 19 heavy (non-hydrogen) atoms. The average molecular weight is 286 g/mol. The summed E-state index contributed by atoms with van der Waals surface area (Å²) in [7, 11) is 0. The van der Waals surface area contributed by atoms with Gasteiger partial charge in [0.1, 0.15) is 13.2 Å². The largest absolute Gasteiger partial charge is 0.486 e. The summed E-state index contributed by atoms with van der Waals surface area (Å²) in [6.45, 7) is 5.69. The highest BCUT2D eigenvalue weighted by Crippen LogP contribution is 2.39. The Balaban J connectivity index is 2.09. The highest BCUT2D eigenvalue weighted by Gasteiger charge is 2.19. The van der Waals surface area contributed by atoms with E-state index in [2.05, 4.69) is 19.2 Å². The Bertz CT molecular complexity index is 439. The van der Waals surface area contributed by atoms with E-state index >= 15 is 0 Å². The number of fused-ring (bicyclic) bond motifs is 1. The number of aliphatic hydroxyl groups excluding tert-OH is 1. The number of nitrogens with one attached hydrogen (secondary N) is 1. The van der Waals surface area contributed by atoms with Crippen molar-refractivity contribution >= 4 is 11.6 Å². The molecule has 0 fully saturated rings. The molecule has 1 aromatic rings. The quantitative estimate of drug-likeness (QED) is 0.873. The molecular weight excluding hydrogens is 266 g/mol. The van der Waals surface area contributed by atoms with Crippen LogP contribution in [-0.2, 0) is 0 Å². The van der Waals surface area contributed by atoms with E-state index in [1.165, 1.54) is 0 Å². The topological polar surface area (TPSA) is 50.7 Å². The normalized spacial score (nSPS) is 17.1. The lowest BCUT2D eigenvalue weighted by molar-refractivity contribution is 0.161. The smallest absolute Gasteiger partial charge is 0.179 e. The molecule has 5 heteroatoms. The highest BCUT2D eigenvalue weighted by atomic mass is 35.5. The van der Waals surface area contributed by atoms with Crippen molar-refractivity contribution in [1.29, 1.82) is 0 Å². The number of hydrogen-bond donors (Lipinski definition) is 2. The first-order chi connectivity index (χ1) is 9.11. The third kappa shape index (κ3) is 3.53. The van der Waals surface area contributed by atoms with Crippen LogP contribution in [0, 0.1) is 0 Å². The van der Waals surface area contributed by atoms with Crippen LogP contribution in [-0.4, -0.2) is 30.9 Å². The fourth-order valence-electron chi connectivity index (χ4n) is 1.90. The summed E-state index contributed by atoms with van der Waals surface area (Å²) >= 11 is 6.14. The molecule has 2 unspecified atom stereocenters. The van der Waals surface area contributed by atoms with E-state index < -0.39 is 6.10 Å². The van der Waals surface area contributed by atoms with Crippen molar-refractivity contribution in [2.24, 2.45) is 0 Å². The first-order valence-electron chi connectivity index (χ1n) is 6.62. The molecule has 0 spiro atoms. The Morgan fingerprint density at radius 3 is 2.84 bits per heavy atom. The maximum Gasteiger partial charge on any atom is 0.179 e. The first-order valence-corrected chi connectivity index (χ1v) is 7.00. The van der Waals surface area contributed by atoms with Crippen molar-refractivity contribution in [3.63, 3.8) is 0 Å². The van der Waals surface area contributed by atoms with Gasteiger partial charge in [-0.05, 0) is 31.0 Å². The van der Waals surface area contributed by atoms with Crippen LogP contribution in [0.5, 0.6) is 11.5 Å². The number of benzene rings is 1. The zero-order chi connectivity index (χ0) is 13.8. The molecule has 2 rings (SSSR count). The summed E-state index contributed by atoms with van der Waals surface area (Å²) in [6.07, 6.45) is 0.413. The molecule has 0 amide bonds. The van der Waals surface area contributed by atoms with Crippen molar-refractivity contribution < 1.29 is 14.6 Å². The maximum atomic E-state index is 10.2. The summed E-state index contributed by atoms with van der Waals surface area (Å²) in [5, 5.41) is 13.9. The molecule has 1 heterocycles. The van der Waals surface area contributed by atoms with Crippen LogP contribution < -0.4 is 14.8 Å². The minimum atomic E-state index is -0.609. The average Bonchev–Trinajstić information content (AvgIpc) is 2.44. The SMILES string of the molecule is CCC(C)NCC(O)c1cc(Cl)c2c(c1)OCCO2. The Kier molecular flexibility index (Phi) is 4.91. The summed E-state index contributed by atoms with van der Waals surface area (Å²) in [5.74, 6) is 1.18. The number of ether oxygens (including phenoxy) is 2. The van der Waals surface area contributed by atoms with Crippen molar-refractivity contribution in [2.45, 2.75) is 32.4 Å². The van der Waals surface area contributed by atoms with Crippen LogP contribution in [0.15, 0.2) is 12.1 Å². The third-order valence-corrected chi connectivity index (χ3v) is 3.56. The minimum absolute atomic E-state index is 0.377. The van der Waals surface area contributed by atoms with Gasteiger partial charge in [0.15, 0.2) is 11.5 Å². The standard InChI is InChI=1S/C14H20ClNO3/c1-3-9(2)16-8-12(17)10-6-11(15)14-13(7-10)18-4-5-19-14/h6-7,9,12,16-17H,3-5,8H2,1-2H3. The molecule has 0 bridgehead atoms. The number of halogens is 1.